The number of hydrogen-bond acceptors (Lipinski definition) is 3. The topological polar surface area (TPSA) is 32.8 Å². The summed E-state index contributed by atoms with van der Waals surface area (Å²) in [5.74, 6) is 0. The van der Waals surface area contributed by atoms with Crippen LogP contribution in [0.2, 0.25) is 5.02 Å². The average Bonchev–Trinajstić information content (AvgIpc) is 3.05. The zero-order valence-corrected chi connectivity index (χ0v) is 15.0. The van der Waals surface area contributed by atoms with Crippen molar-refractivity contribution in [3.05, 3.63) is 34.9 Å². The van der Waals surface area contributed by atoms with Crippen molar-refractivity contribution in [3.8, 4) is 0 Å². The minimum Gasteiger partial charge on any atom is -0.444 e. The minimum absolute atomic E-state index is 0.185. The molecule has 1 aromatic carbocycles. The molecule has 1 amide bonds. The van der Waals surface area contributed by atoms with Crippen LogP contribution in [0.25, 0.3) is 0 Å². The van der Waals surface area contributed by atoms with Crippen LogP contribution in [-0.4, -0.2) is 46.7 Å². The minimum atomic E-state index is -0.441. The fourth-order valence-electron chi connectivity index (χ4n) is 3.71. The van der Waals surface area contributed by atoms with E-state index in [0.717, 1.165) is 30.1 Å². The van der Waals surface area contributed by atoms with Gasteiger partial charge in [-0.3, -0.25) is 4.90 Å². The maximum Gasteiger partial charge on any atom is 0.410 e. The number of fused-ring (bicyclic) bond motifs is 2. The average molecular weight is 337 g/mol. The van der Waals surface area contributed by atoms with E-state index in [1.807, 2.05) is 43.9 Å². The number of carbonyl (C=O) groups is 1. The standard InChI is InChI=1S/C18H25ClN2O2/c1-12(15-7-5-6-8-16(15)19)20-10-14-9-13(20)11-21(14)17(22)23-18(2,3)4/h5-8,12-14H,9-11H2,1-4H3. The number of benzene rings is 1. The second-order valence-electron chi connectivity index (χ2n) is 7.57. The predicted molar refractivity (Wildman–Crippen MR) is 91.7 cm³/mol. The third-order valence-corrected chi connectivity index (χ3v) is 5.11. The van der Waals surface area contributed by atoms with Gasteiger partial charge in [0.2, 0.25) is 0 Å². The van der Waals surface area contributed by atoms with Gasteiger partial charge in [-0.2, -0.15) is 0 Å². The lowest BCUT2D eigenvalue weighted by molar-refractivity contribution is 0.00965. The quantitative estimate of drug-likeness (QED) is 0.815. The lowest BCUT2D eigenvalue weighted by Gasteiger charge is -2.38. The van der Waals surface area contributed by atoms with Crippen LogP contribution in [0.1, 0.15) is 45.7 Å². The molecule has 23 heavy (non-hydrogen) atoms. The molecule has 2 saturated heterocycles. The summed E-state index contributed by atoms with van der Waals surface area (Å²) in [6, 6.07) is 8.91. The van der Waals surface area contributed by atoms with E-state index in [9.17, 15) is 4.79 Å². The summed E-state index contributed by atoms with van der Waals surface area (Å²) in [5, 5.41) is 0.812. The normalized spacial score (nSPS) is 25.7. The molecule has 2 aliphatic rings. The molecule has 2 aliphatic heterocycles. The Morgan fingerprint density at radius 1 is 1.26 bits per heavy atom. The van der Waals surface area contributed by atoms with Gasteiger partial charge in [-0.05, 0) is 45.7 Å². The van der Waals surface area contributed by atoms with E-state index in [-0.39, 0.29) is 18.2 Å². The Balaban J connectivity index is 1.67. The van der Waals surface area contributed by atoms with Gasteiger partial charge in [0.15, 0.2) is 0 Å². The Hall–Kier alpha value is -1.26. The molecule has 2 bridgehead atoms. The third kappa shape index (κ3) is 3.33. The highest BCUT2D eigenvalue weighted by Crippen LogP contribution is 2.38. The Labute approximate surface area is 143 Å². The van der Waals surface area contributed by atoms with Gasteiger partial charge in [0.1, 0.15) is 5.60 Å². The first-order valence-corrected chi connectivity index (χ1v) is 8.64. The Kier molecular flexibility index (Phi) is 4.32. The van der Waals surface area contributed by atoms with Crippen molar-refractivity contribution in [2.45, 2.75) is 57.8 Å². The molecule has 0 spiro atoms. The zero-order chi connectivity index (χ0) is 16.8. The first kappa shape index (κ1) is 16.6. The maximum absolute atomic E-state index is 12.3. The van der Waals surface area contributed by atoms with Gasteiger partial charge in [-0.25, -0.2) is 4.79 Å². The van der Waals surface area contributed by atoms with Crippen LogP contribution < -0.4 is 0 Å². The highest BCUT2D eigenvalue weighted by atomic mass is 35.5. The SMILES string of the molecule is CC(c1ccccc1Cl)N1CC2CC1CN2C(=O)OC(C)(C)C. The van der Waals surface area contributed by atoms with Crippen LogP contribution in [0.5, 0.6) is 0 Å². The highest BCUT2D eigenvalue weighted by molar-refractivity contribution is 6.31. The molecular weight excluding hydrogens is 312 g/mol. The molecule has 0 aliphatic carbocycles. The molecule has 5 heteroatoms. The van der Waals surface area contributed by atoms with Gasteiger partial charge in [0.05, 0.1) is 0 Å². The van der Waals surface area contributed by atoms with Crippen molar-refractivity contribution in [2.24, 2.45) is 0 Å². The molecule has 4 nitrogen and oxygen atoms in total. The van der Waals surface area contributed by atoms with Gasteiger partial charge < -0.3 is 9.64 Å². The van der Waals surface area contributed by atoms with Gasteiger partial charge >= 0.3 is 6.09 Å². The Bertz CT molecular complexity index is 599. The molecule has 3 unspecified atom stereocenters. The summed E-state index contributed by atoms with van der Waals surface area (Å²) >= 11 is 6.34. The first-order valence-electron chi connectivity index (χ1n) is 8.26. The number of amides is 1. The van der Waals surface area contributed by atoms with E-state index in [2.05, 4.69) is 17.9 Å². The number of hydrogen-bond donors (Lipinski definition) is 0. The van der Waals surface area contributed by atoms with Gasteiger partial charge in [-0.1, -0.05) is 29.8 Å². The van der Waals surface area contributed by atoms with Crippen molar-refractivity contribution in [3.63, 3.8) is 0 Å². The van der Waals surface area contributed by atoms with Crippen LogP contribution in [0.15, 0.2) is 24.3 Å². The van der Waals surface area contributed by atoms with Crippen molar-refractivity contribution >= 4 is 17.7 Å². The van der Waals surface area contributed by atoms with Crippen LogP contribution in [-0.2, 0) is 4.74 Å². The molecule has 0 N–H and O–H groups in total. The third-order valence-electron chi connectivity index (χ3n) is 4.76. The van der Waals surface area contributed by atoms with Gasteiger partial charge in [0, 0.05) is 36.2 Å². The summed E-state index contributed by atoms with van der Waals surface area (Å²) in [7, 11) is 0. The van der Waals surface area contributed by atoms with Crippen molar-refractivity contribution in [1.29, 1.82) is 0 Å². The molecule has 0 aromatic heterocycles. The lowest BCUT2D eigenvalue weighted by Crippen LogP contribution is -2.50. The Morgan fingerprint density at radius 3 is 2.52 bits per heavy atom. The number of ether oxygens (including phenoxy) is 1. The van der Waals surface area contributed by atoms with E-state index in [0.29, 0.717) is 6.04 Å². The summed E-state index contributed by atoms with van der Waals surface area (Å²) in [5.41, 5.74) is 0.717. The molecule has 0 saturated carbocycles. The number of carbonyl (C=O) groups excluding carboxylic acids is 1. The second kappa shape index (κ2) is 5.99. The largest absolute Gasteiger partial charge is 0.444 e. The zero-order valence-electron chi connectivity index (χ0n) is 14.3. The molecule has 1 aromatic rings. The molecule has 2 heterocycles. The summed E-state index contributed by atoms with van der Waals surface area (Å²) in [4.78, 5) is 16.7. The molecule has 3 rings (SSSR count). The van der Waals surface area contributed by atoms with E-state index in [4.69, 9.17) is 16.3 Å². The fraction of sp³-hybridized carbons (Fsp3) is 0.611. The fourth-order valence-corrected chi connectivity index (χ4v) is 4.00. The molecule has 126 valence electrons. The van der Waals surface area contributed by atoms with E-state index in [1.54, 1.807) is 0 Å². The summed E-state index contributed by atoms with van der Waals surface area (Å²) < 4.78 is 5.52. The first-order chi connectivity index (χ1) is 10.8. The van der Waals surface area contributed by atoms with Gasteiger partial charge in [0.25, 0.3) is 0 Å². The van der Waals surface area contributed by atoms with Crippen LogP contribution in [0, 0.1) is 0 Å². The monoisotopic (exact) mass is 336 g/mol. The maximum atomic E-state index is 12.3. The number of piperazine rings is 1. The van der Waals surface area contributed by atoms with E-state index < -0.39 is 5.60 Å². The smallest absolute Gasteiger partial charge is 0.410 e. The molecular formula is C18H25ClN2O2. The summed E-state index contributed by atoms with van der Waals surface area (Å²) in [6.45, 7) is 9.55. The lowest BCUT2D eigenvalue weighted by atomic mass is 10.1. The number of likely N-dealkylation sites (tertiary alicyclic amines) is 2. The van der Waals surface area contributed by atoms with Crippen molar-refractivity contribution in [2.75, 3.05) is 13.1 Å². The van der Waals surface area contributed by atoms with Gasteiger partial charge in [-0.15, -0.1) is 0 Å². The molecule has 0 radical (unpaired) electrons. The van der Waals surface area contributed by atoms with Crippen LogP contribution in [0.3, 0.4) is 0 Å². The van der Waals surface area contributed by atoms with Crippen LogP contribution in [0.4, 0.5) is 4.79 Å². The number of halogens is 1. The van der Waals surface area contributed by atoms with E-state index >= 15 is 0 Å². The van der Waals surface area contributed by atoms with Crippen LogP contribution >= 0.6 is 11.6 Å². The Morgan fingerprint density at radius 2 is 1.96 bits per heavy atom. The van der Waals surface area contributed by atoms with Crippen molar-refractivity contribution in [1.82, 2.24) is 9.80 Å². The van der Waals surface area contributed by atoms with E-state index in [1.165, 1.54) is 0 Å². The molecule has 3 atom stereocenters. The second-order valence-corrected chi connectivity index (χ2v) is 7.98. The highest BCUT2D eigenvalue weighted by Gasteiger charge is 2.48. The number of nitrogens with zero attached hydrogens (tertiary/aromatic N) is 2. The number of rotatable bonds is 2. The predicted octanol–water partition coefficient (Wildman–Crippen LogP) is 4.09. The van der Waals surface area contributed by atoms with Crippen molar-refractivity contribution < 1.29 is 9.53 Å². The molecule has 2 fully saturated rings. The summed E-state index contributed by atoms with van der Waals surface area (Å²) in [6.07, 6.45) is 0.837.